The lowest BCUT2D eigenvalue weighted by molar-refractivity contribution is 1.39. The van der Waals surface area contributed by atoms with E-state index in [1.54, 1.807) is 12.3 Å². The van der Waals surface area contributed by atoms with Crippen molar-refractivity contribution >= 4 is 66.0 Å². The Labute approximate surface area is 108 Å². The molecular weight excluding hydrogens is 353 g/mol. The highest BCUT2D eigenvalue weighted by atomic mass is 79.9. The van der Waals surface area contributed by atoms with Crippen molar-refractivity contribution in [3.05, 3.63) is 37.3 Å². The molecule has 1 aromatic carbocycles. The average molecular weight is 356 g/mol. The van der Waals surface area contributed by atoms with Crippen LogP contribution in [0.5, 0.6) is 0 Å². The van der Waals surface area contributed by atoms with Crippen molar-refractivity contribution in [2.24, 2.45) is 0 Å². The molecule has 0 N–H and O–H groups in total. The Morgan fingerprint density at radius 1 is 1.14 bits per heavy atom. The van der Waals surface area contributed by atoms with Crippen LogP contribution in [0.3, 0.4) is 0 Å². The van der Waals surface area contributed by atoms with Gasteiger partial charge in [-0.15, -0.1) is 0 Å². The molecule has 0 amide bonds. The van der Waals surface area contributed by atoms with Crippen LogP contribution in [-0.2, 0) is 0 Å². The molecule has 5 heteroatoms. The Bertz CT molecular complexity index is 514. The first-order chi connectivity index (χ1) is 6.59. The molecule has 1 nitrogen and oxygen atoms in total. The average Bonchev–Trinajstić information content (AvgIpc) is 2.12. The zero-order valence-electron chi connectivity index (χ0n) is 6.69. The van der Waals surface area contributed by atoms with Crippen molar-refractivity contribution in [2.45, 2.75) is 0 Å². The van der Waals surface area contributed by atoms with Crippen molar-refractivity contribution in [1.29, 1.82) is 0 Å². The van der Waals surface area contributed by atoms with Crippen LogP contribution in [0.25, 0.3) is 10.9 Å². The number of aromatic nitrogens is 1. The maximum absolute atomic E-state index is 5.93. The van der Waals surface area contributed by atoms with Crippen molar-refractivity contribution < 1.29 is 0 Å². The van der Waals surface area contributed by atoms with Gasteiger partial charge in [0.05, 0.1) is 10.5 Å². The van der Waals surface area contributed by atoms with E-state index in [2.05, 4.69) is 36.8 Å². The second kappa shape index (κ2) is 3.97. The first kappa shape index (κ1) is 10.7. The number of hydrogen-bond donors (Lipinski definition) is 0. The molecule has 0 fully saturated rings. The molecule has 0 saturated heterocycles. The lowest BCUT2D eigenvalue weighted by atomic mass is 10.2. The maximum atomic E-state index is 5.93. The number of halogens is 4. The number of rotatable bonds is 0. The van der Waals surface area contributed by atoms with Gasteiger partial charge in [-0.2, -0.15) is 0 Å². The number of pyridine rings is 1. The molecule has 2 rings (SSSR count). The summed E-state index contributed by atoms with van der Waals surface area (Å²) in [5.41, 5.74) is 0.839. The molecule has 0 radical (unpaired) electrons. The van der Waals surface area contributed by atoms with Crippen molar-refractivity contribution in [3.8, 4) is 0 Å². The predicted molar refractivity (Wildman–Crippen MR) is 67.2 cm³/mol. The number of benzene rings is 1. The van der Waals surface area contributed by atoms with Gasteiger partial charge in [0.25, 0.3) is 0 Å². The second-order valence-electron chi connectivity index (χ2n) is 2.70. The third kappa shape index (κ3) is 1.78. The highest BCUT2D eigenvalue weighted by Gasteiger charge is 2.08. The van der Waals surface area contributed by atoms with Gasteiger partial charge in [0, 0.05) is 25.6 Å². The van der Waals surface area contributed by atoms with Crippen molar-refractivity contribution in [3.63, 3.8) is 0 Å². The normalized spacial score (nSPS) is 10.9. The van der Waals surface area contributed by atoms with Gasteiger partial charge in [-0.25, -0.2) is 0 Å². The summed E-state index contributed by atoms with van der Waals surface area (Å²) >= 11 is 18.6. The summed E-state index contributed by atoms with van der Waals surface area (Å²) in [6.45, 7) is 0. The highest BCUT2D eigenvalue weighted by Crippen LogP contribution is 2.34. The van der Waals surface area contributed by atoms with Crippen molar-refractivity contribution in [1.82, 2.24) is 4.98 Å². The smallest absolute Gasteiger partial charge is 0.0857 e. The summed E-state index contributed by atoms with van der Waals surface area (Å²) in [6, 6.07) is 3.63. The standard InChI is InChI=1S/C9H3Br2Cl2N/c10-6-2-4(12)1-5-8(11)7(13)3-14-9(5)6/h1-3H. The fraction of sp³-hybridized carbons (Fsp3) is 0. The summed E-state index contributed by atoms with van der Waals surface area (Å²) in [6.07, 6.45) is 1.60. The van der Waals surface area contributed by atoms with E-state index in [1.807, 2.05) is 6.07 Å². The van der Waals surface area contributed by atoms with Gasteiger partial charge < -0.3 is 0 Å². The van der Waals surface area contributed by atoms with Gasteiger partial charge in [0.15, 0.2) is 0 Å². The first-order valence-corrected chi connectivity index (χ1v) is 6.02. The van der Waals surface area contributed by atoms with E-state index in [4.69, 9.17) is 23.2 Å². The van der Waals surface area contributed by atoms with Crippen LogP contribution in [0.1, 0.15) is 0 Å². The third-order valence-corrected chi connectivity index (χ3v) is 3.97. The van der Waals surface area contributed by atoms with Gasteiger partial charge in [0.2, 0.25) is 0 Å². The SMILES string of the molecule is Clc1cc(Br)c2ncc(Cl)c(Br)c2c1. The van der Waals surface area contributed by atoms with Crippen molar-refractivity contribution in [2.75, 3.05) is 0 Å². The number of hydrogen-bond acceptors (Lipinski definition) is 1. The van der Waals surface area contributed by atoms with Crippen LogP contribution in [0.15, 0.2) is 27.3 Å². The fourth-order valence-electron chi connectivity index (χ4n) is 1.17. The molecule has 0 saturated carbocycles. The molecule has 0 spiro atoms. The van der Waals surface area contributed by atoms with Gasteiger partial charge >= 0.3 is 0 Å². The lowest BCUT2D eigenvalue weighted by Gasteiger charge is -2.04. The zero-order valence-corrected chi connectivity index (χ0v) is 11.4. The molecule has 1 aromatic heterocycles. The molecule has 0 aliphatic heterocycles. The molecule has 0 unspecified atom stereocenters. The van der Waals surface area contributed by atoms with E-state index in [0.29, 0.717) is 10.0 Å². The fourth-order valence-corrected chi connectivity index (χ4v) is 2.64. The first-order valence-electron chi connectivity index (χ1n) is 3.68. The molecule has 2 aromatic rings. The third-order valence-electron chi connectivity index (χ3n) is 1.78. The number of fused-ring (bicyclic) bond motifs is 1. The maximum Gasteiger partial charge on any atom is 0.0857 e. The minimum absolute atomic E-state index is 0.576. The highest BCUT2D eigenvalue weighted by molar-refractivity contribution is 9.11. The molecule has 72 valence electrons. The van der Waals surface area contributed by atoms with Crippen LogP contribution in [0, 0.1) is 0 Å². The second-order valence-corrected chi connectivity index (χ2v) is 5.19. The number of nitrogens with zero attached hydrogens (tertiary/aromatic N) is 1. The molecule has 0 atom stereocenters. The summed E-state index contributed by atoms with van der Waals surface area (Å²) in [4.78, 5) is 4.21. The Morgan fingerprint density at radius 3 is 2.57 bits per heavy atom. The quantitative estimate of drug-likeness (QED) is 0.643. The summed E-state index contributed by atoms with van der Waals surface area (Å²) in [7, 11) is 0. The Kier molecular flexibility index (Phi) is 3.03. The molecule has 0 bridgehead atoms. The molecule has 0 aliphatic carbocycles. The van der Waals surface area contributed by atoms with Gasteiger partial charge in [-0.1, -0.05) is 23.2 Å². The van der Waals surface area contributed by atoms with Crippen LogP contribution in [-0.4, -0.2) is 4.98 Å². The Balaban J connectivity index is 2.95. The predicted octanol–water partition coefficient (Wildman–Crippen LogP) is 5.07. The van der Waals surface area contributed by atoms with E-state index in [-0.39, 0.29) is 0 Å². The summed E-state index contributed by atoms with van der Waals surface area (Å²) in [5.74, 6) is 0. The zero-order chi connectivity index (χ0) is 10.3. The minimum atomic E-state index is 0.576. The largest absolute Gasteiger partial charge is 0.253 e. The lowest BCUT2D eigenvalue weighted by Crippen LogP contribution is -1.83. The molecular formula is C9H3Br2Cl2N. The molecule has 14 heavy (non-hydrogen) atoms. The van der Waals surface area contributed by atoms with E-state index in [0.717, 1.165) is 19.8 Å². The minimum Gasteiger partial charge on any atom is -0.253 e. The van der Waals surface area contributed by atoms with E-state index in [9.17, 15) is 0 Å². The van der Waals surface area contributed by atoms with E-state index < -0.39 is 0 Å². The van der Waals surface area contributed by atoms with Gasteiger partial charge in [0.1, 0.15) is 0 Å². The van der Waals surface area contributed by atoms with Crippen LogP contribution in [0.2, 0.25) is 10.0 Å². The van der Waals surface area contributed by atoms with E-state index in [1.165, 1.54) is 0 Å². The Morgan fingerprint density at radius 2 is 1.86 bits per heavy atom. The Hall–Kier alpha value is 0.170. The monoisotopic (exact) mass is 353 g/mol. The molecule has 0 aliphatic rings. The molecule has 1 heterocycles. The van der Waals surface area contributed by atoms with E-state index >= 15 is 0 Å². The van der Waals surface area contributed by atoms with Crippen LogP contribution in [0.4, 0.5) is 0 Å². The summed E-state index contributed by atoms with van der Waals surface area (Å²) in [5, 5.41) is 2.12. The van der Waals surface area contributed by atoms with Crippen LogP contribution < -0.4 is 0 Å². The topological polar surface area (TPSA) is 12.9 Å². The van der Waals surface area contributed by atoms with Gasteiger partial charge in [-0.05, 0) is 44.0 Å². The summed E-state index contributed by atoms with van der Waals surface area (Å²) < 4.78 is 1.67. The van der Waals surface area contributed by atoms with Crippen LogP contribution >= 0.6 is 55.1 Å². The van der Waals surface area contributed by atoms with Gasteiger partial charge in [-0.3, -0.25) is 4.98 Å².